The molecule has 1 aliphatic rings. The number of methoxy groups -OCH3 is 4. The monoisotopic (exact) mass is 569 g/mol. The number of nitrogens with zero attached hydrogens (tertiary/aromatic N) is 1. The van der Waals surface area contributed by atoms with Crippen molar-refractivity contribution in [1.29, 1.82) is 0 Å². The van der Waals surface area contributed by atoms with Crippen molar-refractivity contribution in [3.8, 4) is 23.0 Å². The first-order valence-corrected chi connectivity index (χ1v) is 15.9. The van der Waals surface area contributed by atoms with Crippen molar-refractivity contribution in [3.63, 3.8) is 0 Å². The first-order valence-electron chi connectivity index (χ1n) is 12.6. The van der Waals surface area contributed by atoms with E-state index in [1.165, 1.54) is 26.4 Å². The number of sulfone groups is 2. The van der Waals surface area contributed by atoms with Gasteiger partial charge < -0.3 is 23.8 Å². The molecule has 1 saturated heterocycles. The highest BCUT2D eigenvalue weighted by Gasteiger charge is 2.57. The van der Waals surface area contributed by atoms with E-state index in [9.17, 15) is 16.8 Å². The van der Waals surface area contributed by atoms with Gasteiger partial charge in [0.15, 0.2) is 46.8 Å². The van der Waals surface area contributed by atoms with Gasteiger partial charge in [0.25, 0.3) is 0 Å². The normalized spacial score (nSPS) is 17.6. The summed E-state index contributed by atoms with van der Waals surface area (Å²) >= 11 is 0. The molecule has 1 fully saturated rings. The van der Waals surface area contributed by atoms with E-state index in [1.807, 2.05) is 25.2 Å². The number of hydrogen-bond acceptors (Lipinski definition) is 9. The molecule has 0 atom stereocenters. The van der Waals surface area contributed by atoms with E-state index in [0.717, 1.165) is 18.5 Å². The molecule has 9 nitrogen and oxygen atoms in total. The fourth-order valence-electron chi connectivity index (χ4n) is 5.06. The Bertz CT molecular complexity index is 1270. The van der Waals surface area contributed by atoms with Gasteiger partial charge in [-0.05, 0) is 81.1 Å². The Kier molecular flexibility index (Phi) is 9.94. The molecule has 38 heavy (non-hydrogen) atoms. The van der Waals surface area contributed by atoms with Crippen LogP contribution in [0.3, 0.4) is 0 Å². The van der Waals surface area contributed by atoms with E-state index >= 15 is 0 Å². The zero-order chi connectivity index (χ0) is 28.0. The fraction of sp³-hybridized carbons (Fsp3) is 0.556. The standard InChI is InChI=1S/C27H39NO8S2/c1-28(16-13-21-9-11-23(33-2)25(19-21)35-4)15-7-6-14-27(37(29,30)17-8-18-38(27,31)32)22-10-12-24(34-3)26(20-22)36-5/h9-12,19-20H,6-8,13-18H2,1-5H3. The van der Waals surface area contributed by atoms with Crippen LogP contribution in [0.15, 0.2) is 36.4 Å². The van der Waals surface area contributed by atoms with Crippen molar-refractivity contribution < 1.29 is 35.8 Å². The molecular formula is C27H39NO8S2. The summed E-state index contributed by atoms with van der Waals surface area (Å²) in [7, 11) is 0.183. The summed E-state index contributed by atoms with van der Waals surface area (Å²) in [5, 5.41) is 0. The molecule has 0 saturated carbocycles. The zero-order valence-electron chi connectivity index (χ0n) is 22.9. The summed E-state index contributed by atoms with van der Waals surface area (Å²) in [4.78, 5) is 2.16. The minimum absolute atomic E-state index is 0.00331. The van der Waals surface area contributed by atoms with Gasteiger partial charge in [-0.3, -0.25) is 0 Å². The van der Waals surface area contributed by atoms with Crippen molar-refractivity contribution >= 4 is 19.7 Å². The third kappa shape index (κ3) is 6.05. The Morgan fingerprint density at radius 1 is 0.737 bits per heavy atom. The van der Waals surface area contributed by atoms with Gasteiger partial charge in [-0.15, -0.1) is 0 Å². The molecule has 0 amide bonds. The van der Waals surface area contributed by atoms with E-state index in [4.69, 9.17) is 18.9 Å². The van der Waals surface area contributed by atoms with Crippen LogP contribution in [-0.4, -0.2) is 81.8 Å². The number of likely N-dealkylation sites (N-methyl/N-ethyl adjacent to an activating group) is 1. The molecule has 1 aliphatic heterocycles. The lowest BCUT2D eigenvalue weighted by molar-refractivity contribution is 0.325. The van der Waals surface area contributed by atoms with Crippen LogP contribution in [0.25, 0.3) is 0 Å². The smallest absolute Gasteiger partial charge is 0.198 e. The molecule has 0 aromatic heterocycles. The second-order valence-corrected chi connectivity index (χ2v) is 14.4. The maximum Gasteiger partial charge on any atom is 0.198 e. The highest BCUT2D eigenvalue weighted by atomic mass is 32.3. The molecule has 2 aromatic carbocycles. The van der Waals surface area contributed by atoms with Crippen molar-refractivity contribution in [1.82, 2.24) is 4.90 Å². The Labute approximate surface area is 226 Å². The Morgan fingerprint density at radius 3 is 1.87 bits per heavy atom. The average molecular weight is 570 g/mol. The first kappa shape index (κ1) is 30.0. The molecule has 0 bridgehead atoms. The fourth-order valence-corrected chi connectivity index (χ4v) is 10.9. The molecule has 1 heterocycles. The van der Waals surface area contributed by atoms with Gasteiger partial charge in [0.05, 0.1) is 39.9 Å². The number of rotatable bonds is 13. The van der Waals surface area contributed by atoms with E-state index < -0.39 is 23.8 Å². The summed E-state index contributed by atoms with van der Waals surface area (Å²) in [5.41, 5.74) is 1.33. The first-order chi connectivity index (χ1) is 18.0. The van der Waals surface area contributed by atoms with Gasteiger partial charge in [0.2, 0.25) is 0 Å². The molecule has 0 spiro atoms. The largest absolute Gasteiger partial charge is 0.493 e. The van der Waals surface area contributed by atoms with Gasteiger partial charge >= 0.3 is 0 Å². The van der Waals surface area contributed by atoms with E-state index in [-0.39, 0.29) is 29.9 Å². The van der Waals surface area contributed by atoms with Crippen molar-refractivity contribution in [2.45, 2.75) is 36.2 Å². The van der Waals surface area contributed by atoms with Crippen molar-refractivity contribution in [2.75, 3.05) is 60.1 Å². The maximum atomic E-state index is 13.5. The summed E-state index contributed by atoms with van der Waals surface area (Å²) in [5.74, 6) is 1.75. The third-order valence-corrected chi connectivity index (χ3v) is 13.2. The van der Waals surface area contributed by atoms with Gasteiger partial charge in [-0.25, -0.2) is 16.8 Å². The highest BCUT2D eigenvalue weighted by Crippen LogP contribution is 2.47. The van der Waals surface area contributed by atoms with Crippen LogP contribution in [0.4, 0.5) is 0 Å². The molecule has 0 unspecified atom stereocenters. The SMILES string of the molecule is COc1ccc(CCN(C)CCCCC2(c3ccc(OC)c(OC)c3)S(=O)(=O)CCCS2(=O)=O)cc1OC. The van der Waals surface area contributed by atoms with Gasteiger partial charge in [-0.2, -0.15) is 0 Å². The molecule has 2 aromatic rings. The number of ether oxygens (including phenoxy) is 4. The average Bonchev–Trinajstić information content (AvgIpc) is 2.90. The molecule has 0 radical (unpaired) electrons. The Morgan fingerprint density at radius 2 is 1.29 bits per heavy atom. The summed E-state index contributed by atoms with van der Waals surface area (Å²) in [6.45, 7) is 1.49. The molecule has 0 aliphatic carbocycles. The van der Waals surface area contributed by atoms with E-state index in [1.54, 1.807) is 20.3 Å². The summed E-state index contributed by atoms with van der Waals surface area (Å²) in [6, 6.07) is 10.4. The van der Waals surface area contributed by atoms with Gasteiger partial charge in [-0.1, -0.05) is 12.1 Å². The second kappa shape index (κ2) is 12.6. The zero-order valence-corrected chi connectivity index (χ0v) is 24.5. The maximum absolute atomic E-state index is 13.5. The van der Waals surface area contributed by atoms with Gasteiger partial charge in [0, 0.05) is 6.54 Å². The van der Waals surface area contributed by atoms with Crippen LogP contribution in [0.1, 0.15) is 36.8 Å². The second-order valence-electron chi connectivity index (χ2n) is 9.51. The molecule has 3 rings (SSSR count). The molecule has 11 heteroatoms. The van der Waals surface area contributed by atoms with Crippen LogP contribution < -0.4 is 18.9 Å². The number of hydrogen-bond donors (Lipinski definition) is 0. The van der Waals surface area contributed by atoms with Crippen LogP contribution in [-0.2, 0) is 30.2 Å². The minimum Gasteiger partial charge on any atom is -0.493 e. The highest BCUT2D eigenvalue weighted by molar-refractivity contribution is 8.10. The molecular weight excluding hydrogens is 530 g/mol. The van der Waals surface area contributed by atoms with Crippen LogP contribution in [0.2, 0.25) is 0 Å². The van der Waals surface area contributed by atoms with Crippen LogP contribution >= 0.6 is 0 Å². The number of unbranched alkanes of at least 4 members (excludes halogenated alkanes) is 1. The quantitative estimate of drug-likeness (QED) is 0.335. The molecule has 0 N–H and O–H groups in total. The lowest BCUT2D eigenvalue weighted by Crippen LogP contribution is -2.49. The predicted octanol–water partition coefficient (Wildman–Crippen LogP) is 3.45. The van der Waals surface area contributed by atoms with Crippen LogP contribution in [0.5, 0.6) is 23.0 Å². The third-order valence-electron chi connectivity index (χ3n) is 7.18. The van der Waals surface area contributed by atoms with Crippen molar-refractivity contribution in [3.05, 3.63) is 47.5 Å². The van der Waals surface area contributed by atoms with Gasteiger partial charge in [0.1, 0.15) is 0 Å². The van der Waals surface area contributed by atoms with Crippen LogP contribution in [0, 0.1) is 0 Å². The lowest BCUT2D eigenvalue weighted by atomic mass is 10.0. The predicted molar refractivity (Wildman–Crippen MR) is 148 cm³/mol. The topological polar surface area (TPSA) is 108 Å². The Hall–Kier alpha value is -2.50. The van der Waals surface area contributed by atoms with Crippen molar-refractivity contribution in [2.24, 2.45) is 0 Å². The summed E-state index contributed by atoms with van der Waals surface area (Å²) in [6.07, 6.45) is 2.00. The van der Waals surface area contributed by atoms with E-state index in [0.29, 0.717) is 42.4 Å². The molecule has 212 valence electrons. The summed E-state index contributed by atoms with van der Waals surface area (Å²) < 4.78 is 73.2. The Balaban J connectivity index is 1.72. The van der Waals surface area contributed by atoms with E-state index in [2.05, 4.69) is 4.90 Å². The number of benzene rings is 2. The minimum atomic E-state index is -3.97. The lowest BCUT2D eigenvalue weighted by Gasteiger charge is -2.37.